The fraction of sp³-hybridized carbons (Fsp3) is 0.538. The Labute approximate surface area is 102 Å². The number of hydrogen-bond donors (Lipinski definition) is 1. The Morgan fingerprint density at radius 1 is 1.38 bits per heavy atom. The zero-order chi connectivity index (χ0) is 12.1. The van der Waals surface area contributed by atoms with E-state index >= 15 is 0 Å². The van der Waals surface area contributed by atoms with E-state index in [1.54, 1.807) is 12.1 Å². The maximum atomic E-state index is 13.6. The summed E-state index contributed by atoms with van der Waals surface area (Å²) < 4.78 is 13.6. The molecule has 0 aromatic heterocycles. The fourth-order valence-electron chi connectivity index (χ4n) is 1.79. The minimum absolute atomic E-state index is 0.117. The normalized spacial score (nSPS) is 14.8. The molecule has 2 atom stereocenters. The van der Waals surface area contributed by atoms with E-state index in [1.807, 2.05) is 6.92 Å². The van der Waals surface area contributed by atoms with Gasteiger partial charge in [-0.05, 0) is 37.3 Å². The second-order valence-electron chi connectivity index (χ2n) is 4.28. The quantitative estimate of drug-likeness (QED) is 0.828. The van der Waals surface area contributed by atoms with Crippen LogP contribution in [-0.4, -0.2) is 6.04 Å². The van der Waals surface area contributed by atoms with Crippen molar-refractivity contribution < 1.29 is 4.39 Å². The van der Waals surface area contributed by atoms with Gasteiger partial charge in [0.05, 0.1) is 0 Å². The molecule has 0 saturated heterocycles. The topological polar surface area (TPSA) is 26.0 Å². The lowest BCUT2D eigenvalue weighted by Crippen LogP contribution is -2.19. The average molecular weight is 244 g/mol. The Balaban J connectivity index is 2.69. The van der Waals surface area contributed by atoms with Gasteiger partial charge in [0.1, 0.15) is 5.82 Å². The summed E-state index contributed by atoms with van der Waals surface area (Å²) in [6.45, 7) is 4.05. The smallest absolute Gasteiger partial charge is 0.128 e. The summed E-state index contributed by atoms with van der Waals surface area (Å²) in [6, 6.07) is 5.02. The SMILES string of the molecule is CCC(N)CCC(C)c1c(F)cccc1Cl. The second-order valence-corrected chi connectivity index (χ2v) is 4.69. The summed E-state index contributed by atoms with van der Waals surface area (Å²) in [7, 11) is 0. The van der Waals surface area contributed by atoms with Gasteiger partial charge in [0.15, 0.2) is 0 Å². The lowest BCUT2D eigenvalue weighted by atomic mass is 9.93. The highest BCUT2D eigenvalue weighted by Crippen LogP contribution is 2.30. The molecular weight excluding hydrogens is 225 g/mol. The third-order valence-corrected chi connectivity index (χ3v) is 3.32. The molecule has 16 heavy (non-hydrogen) atoms. The molecule has 0 heterocycles. The Morgan fingerprint density at radius 3 is 2.62 bits per heavy atom. The summed E-state index contributed by atoms with van der Waals surface area (Å²) in [6.07, 6.45) is 2.73. The average Bonchev–Trinajstić information content (AvgIpc) is 2.25. The van der Waals surface area contributed by atoms with Crippen molar-refractivity contribution in [2.24, 2.45) is 5.73 Å². The number of halogens is 2. The first-order valence-corrected chi connectivity index (χ1v) is 6.13. The minimum atomic E-state index is -0.218. The van der Waals surface area contributed by atoms with Gasteiger partial charge in [-0.3, -0.25) is 0 Å². The molecule has 0 saturated carbocycles. The molecule has 0 fully saturated rings. The van der Waals surface area contributed by atoms with Crippen molar-refractivity contribution in [3.63, 3.8) is 0 Å². The van der Waals surface area contributed by atoms with Gasteiger partial charge >= 0.3 is 0 Å². The van der Waals surface area contributed by atoms with Crippen LogP contribution in [-0.2, 0) is 0 Å². The molecule has 0 aliphatic carbocycles. The van der Waals surface area contributed by atoms with Gasteiger partial charge in [-0.2, -0.15) is 0 Å². The Hall–Kier alpha value is -0.600. The van der Waals surface area contributed by atoms with Crippen LogP contribution in [0.2, 0.25) is 5.02 Å². The van der Waals surface area contributed by atoms with Gasteiger partial charge < -0.3 is 5.73 Å². The molecule has 2 N–H and O–H groups in total. The van der Waals surface area contributed by atoms with Gasteiger partial charge in [0.25, 0.3) is 0 Å². The van der Waals surface area contributed by atoms with Crippen LogP contribution in [0.5, 0.6) is 0 Å². The van der Waals surface area contributed by atoms with Gasteiger partial charge in [0, 0.05) is 16.6 Å². The highest BCUT2D eigenvalue weighted by molar-refractivity contribution is 6.31. The molecule has 0 radical (unpaired) electrons. The summed E-state index contributed by atoms with van der Waals surface area (Å²) in [5.74, 6) is -0.101. The molecule has 0 spiro atoms. The minimum Gasteiger partial charge on any atom is -0.328 e. The number of hydrogen-bond acceptors (Lipinski definition) is 1. The van der Waals surface area contributed by atoms with Crippen LogP contribution in [0.3, 0.4) is 0 Å². The van der Waals surface area contributed by atoms with Crippen molar-refractivity contribution in [2.75, 3.05) is 0 Å². The third-order valence-electron chi connectivity index (χ3n) is 2.99. The highest BCUT2D eigenvalue weighted by Gasteiger charge is 2.15. The van der Waals surface area contributed by atoms with Crippen LogP contribution in [0, 0.1) is 5.82 Å². The second kappa shape index (κ2) is 6.21. The van der Waals surface area contributed by atoms with Crippen LogP contribution in [0.4, 0.5) is 4.39 Å². The fourth-order valence-corrected chi connectivity index (χ4v) is 2.14. The summed E-state index contributed by atoms with van der Waals surface area (Å²) in [5, 5.41) is 0.512. The van der Waals surface area contributed by atoms with E-state index in [2.05, 4.69) is 6.92 Å². The van der Waals surface area contributed by atoms with E-state index in [4.69, 9.17) is 17.3 Å². The van der Waals surface area contributed by atoms with Crippen LogP contribution in [0.25, 0.3) is 0 Å². The lowest BCUT2D eigenvalue weighted by molar-refractivity contribution is 0.512. The van der Waals surface area contributed by atoms with Crippen LogP contribution >= 0.6 is 11.6 Å². The van der Waals surface area contributed by atoms with Crippen LogP contribution < -0.4 is 5.73 Å². The van der Waals surface area contributed by atoms with Gasteiger partial charge in [-0.1, -0.05) is 31.5 Å². The van der Waals surface area contributed by atoms with Crippen molar-refractivity contribution in [3.05, 3.63) is 34.6 Å². The lowest BCUT2D eigenvalue weighted by Gasteiger charge is -2.16. The van der Waals surface area contributed by atoms with Crippen LogP contribution in [0.15, 0.2) is 18.2 Å². The van der Waals surface area contributed by atoms with E-state index in [0.29, 0.717) is 10.6 Å². The van der Waals surface area contributed by atoms with Crippen LogP contribution in [0.1, 0.15) is 44.6 Å². The Morgan fingerprint density at radius 2 is 2.06 bits per heavy atom. The summed E-state index contributed by atoms with van der Waals surface area (Å²) in [4.78, 5) is 0. The number of benzene rings is 1. The molecular formula is C13H19ClFN. The Bertz CT molecular complexity index is 320. The molecule has 0 bridgehead atoms. The first-order chi connectivity index (χ1) is 7.56. The number of rotatable bonds is 5. The molecule has 3 heteroatoms. The molecule has 1 rings (SSSR count). The molecule has 0 aliphatic rings. The monoisotopic (exact) mass is 243 g/mol. The van der Waals surface area contributed by atoms with Crippen molar-refractivity contribution in [1.82, 2.24) is 0 Å². The largest absolute Gasteiger partial charge is 0.328 e. The van der Waals surface area contributed by atoms with E-state index in [0.717, 1.165) is 19.3 Å². The predicted octanol–water partition coefficient (Wildman–Crippen LogP) is 4.10. The van der Waals surface area contributed by atoms with Crippen molar-refractivity contribution in [2.45, 2.75) is 45.1 Å². The van der Waals surface area contributed by atoms with E-state index in [1.165, 1.54) is 6.07 Å². The highest BCUT2D eigenvalue weighted by atomic mass is 35.5. The Kier molecular flexibility index (Phi) is 5.23. The summed E-state index contributed by atoms with van der Waals surface area (Å²) >= 11 is 6.00. The molecule has 1 aromatic rings. The first-order valence-electron chi connectivity index (χ1n) is 5.75. The van der Waals surface area contributed by atoms with Gasteiger partial charge in [0.2, 0.25) is 0 Å². The zero-order valence-corrected chi connectivity index (χ0v) is 10.6. The van der Waals surface area contributed by atoms with Gasteiger partial charge in [-0.15, -0.1) is 0 Å². The number of nitrogens with two attached hydrogens (primary N) is 1. The van der Waals surface area contributed by atoms with E-state index in [9.17, 15) is 4.39 Å². The molecule has 1 nitrogen and oxygen atoms in total. The first kappa shape index (κ1) is 13.5. The van der Waals surface area contributed by atoms with E-state index < -0.39 is 0 Å². The van der Waals surface area contributed by atoms with Crippen molar-refractivity contribution in [1.29, 1.82) is 0 Å². The molecule has 1 aromatic carbocycles. The zero-order valence-electron chi connectivity index (χ0n) is 9.84. The third kappa shape index (κ3) is 3.46. The van der Waals surface area contributed by atoms with Gasteiger partial charge in [-0.25, -0.2) is 4.39 Å². The maximum Gasteiger partial charge on any atom is 0.128 e. The van der Waals surface area contributed by atoms with E-state index in [-0.39, 0.29) is 17.8 Å². The summed E-state index contributed by atoms with van der Waals surface area (Å²) in [5.41, 5.74) is 6.47. The molecule has 0 amide bonds. The predicted molar refractivity (Wildman–Crippen MR) is 67.3 cm³/mol. The molecule has 90 valence electrons. The van der Waals surface area contributed by atoms with Crippen molar-refractivity contribution >= 4 is 11.6 Å². The standard InChI is InChI=1S/C13H19ClFN/c1-3-10(16)8-7-9(2)13-11(14)5-4-6-12(13)15/h4-6,9-10H,3,7-8,16H2,1-2H3. The molecule has 0 aliphatic heterocycles. The molecule has 2 unspecified atom stereocenters. The maximum absolute atomic E-state index is 13.6. The van der Waals surface area contributed by atoms with Crippen molar-refractivity contribution in [3.8, 4) is 0 Å².